The summed E-state index contributed by atoms with van der Waals surface area (Å²) < 4.78 is 31.2. The Kier molecular flexibility index (Phi) is 5.67. The molecule has 36 heavy (non-hydrogen) atoms. The third kappa shape index (κ3) is 4.11. The predicted octanol–water partition coefficient (Wildman–Crippen LogP) is 5.56. The number of rotatable bonds is 5. The topological polar surface area (TPSA) is 84.5 Å². The number of nitrogens with one attached hydrogen (secondary N) is 1. The lowest BCUT2D eigenvalue weighted by molar-refractivity contribution is 0.0940. The van der Waals surface area contributed by atoms with E-state index in [0.29, 0.717) is 6.54 Å². The number of halogens is 2. The molecule has 1 amide bonds. The second-order valence-electron chi connectivity index (χ2n) is 9.28. The van der Waals surface area contributed by atoms with Crippen LogP contribution in [0.1, 0.15) is 42.1 Å². The van der Waals surface area contributed by atoms with E-state index < -0.39 is 23.3 Å². The fourth-order valence-electron chi connectivity index (χ4n) is 4.96. The predicted molar refractivity (Wildman–Crippen MR) is 133 cm³/mol. The number of fused-ring (bicyclic) bond motifs is 2. The zero-order chi connectivity index (χ0) is 24.8. The summed E-state index contributed by atoms with van der Waals surface area (Å²) in [6, 6.07) is 8.30. The molecule has 7 nitrogen and oxygen atoms in total. The molecule has 2 aromatic carbocycles. The number of aromatic hydroxyl groups is 1. The molecule has 1 aliphatic carbocycles. The molecule has 2 N–H and O–H groups in total. The Morgan fingerprint density at radius 2 is 1.92 bits per heavy atom. The maximum Gasteiger partial charge on any atom is 0.251 e. The van der Waals surface area contributed by atoms with E-state index in [-0.39, 0.29) is 17.5 Å². The van der Waals surface area contributed by atoms with E-state index >= 15 is 0 Å². The maximum absolute atomic E-state index is 13.5. The van der Waals surface area contributed by atoms with Crippen LogP contribution in [-0.4, -0.2) is 36.7 Å². The lowest BCUT2D eigenvalue weighted by Crippen LogP contribution is -2.31. The van der Waals surface area contributed by atoms with Crippen LogP contribution in [0, 0.1) is 17.6 Å². The Morgan fingerprint density at radius 1 is 1.14 bits per heavy atom. The summed E-state index contributed by atoms with van der Waals surface area (Å²) in [6.45, 7) is 0.434. The highest BCUT2D eigenvalue weighted by atomic mass is 32.1. The molecule has 0 atom stereocenters. The highest BCUT2D eigenvalue weighted by Crippen LogP contribution is 2.34. The van der Waals surface area contributed by atoms with Gasteiger partial charge < -0.3 is 10.4 Å². The molecule has 6 rings (SSSR count). The van der Waals surface area contributed by atoms with Crippen molar-refractivity contribution >= 4 is 33.0 Å². The molecule has 0 spiro atoms. The lowest BCUT2D eigenvalue weighted by atomic mass is 9.86. The van der Waals surface area contributed by atoms with Crippen molar-refractivity contribution in [2.45, 2.75) is 31.7 Å². The smallest absolute Gasteiger partial charge is 0.251 e. The zero-order valence-electron chi connectivity index (χ0n) is 19.2. The second-order valence-corrected chi connectivity index (χ2v) is 10.2. The van der Waals surface area contributed by atoms with Crippen molar-refractivity contribution in [3.8, 4) is 17.0 Å². The van der Waals surface area contributed by atoms with Crippen LogP contribution in [0.3, 0.4) is 0 Å². The molecule has 5 aromatic rings. The average Bonchev–Trinajstić information content (AvgIpc) is 3.61. The van der Waals surface area contributed by atoms with Crippen LogP contribution in [0.4, 0.5) is 8.78 Å². The Balaban J connectivity index is 1.09. The molecule has 1 fully saturated rings. The van der Waals surface area contributed by atoms with Crippen LogP contribution >= 0.6 is 11.3 Å². The Bertz CT molecular complexity index is 1560. The fraction of sp³-hybridized carbons (Fsp3) is 0.269. The first-order chi connectivity index (χ1) is 17.5. The SMILES string of the molecule is O=C(NCC1CCC(n2cc3ccc(-c4csc5cncn45)cc3n2)CC1)c1cc(F)c(O)c(F)c1. The summed E-state index contributed by atoms with van der Waals surface area (Å²) in [5.74, 6) is -3.64. The molecule has 184 valence electrons. The van der Waals surface area contributed by atoms with Crippen molar-refractivity contribution in [2.24, 2.45) is 5.92 Å². The maximum atomic E-state index is 13.5. The quantitative estimate of drug-likeness (QED) is 0.326. The minimum absolute atomic E-state index is 0.143. The van der Waals surface area contributed by atoms with E-state index in [1.165, 1.54) is 0 Å². The number of phenols is 1. The minimum Gasteiger partial charge on any atom is -0.503 e. The second kappa shape index (κ2) is 9.02. The summed E-state index contributed by atoms with van der Waals surface area (Å²) in [6.07, 6.45) is 9.48. The van der Waals surface area contributed by atoms with Crippen LogP contribution in [0.2, 0.25) is 0 Å². The molecule has 3 heterocycles. The average molecular weight is 508 g/mol. The number of aromatic nitrogens is 4. The van der Waals surface area contributed by atoms with Gasteiger partial charge in [0.15, 0.2) is 17.4 Å². The van der Waals surface area contributed by atoms with Gasteiger partial charge in [0, 0.05) is 34.6 Å². The van der Waals surface area contributed by atoms with Gasteiger partial charge in [-0.15, -0.1) is 11.3 Å². The molecule has 10 heteroatoms. The number of phenolic OH excluding ortho intramolecular Hbond substituents is 1. The summed E-state index contributed by atoms with van der Waals surface area (Å²) in [7, 11) is 0. The van der Waals surface area contributed by atoms with Gasteiger partial charge in [0.2, 0.25) is 0 Å². The van der Waals surface area contributed by atoms with E-state index in [1.54, 1.807) is 11.3 Å². The van der Waals surface area contributed by atoms with Crippen molar-refractivity contribution in [1.82, 2.24) is 24.5 Å². The first kappa shape index (κ1) is 22.7. The van der Waals surface area contributed by atoms with Gasteiger partial charge >= 0.3 is 0 Å². The van der Waals surface area contributed by atoms with Gasteiger partial charge in [-0.1, -0.05) is 12.1 Å². The molecule has 0 unspecified atom stereocenters. The third-order valence-electron chi connectivity index (χ3n) is 7.00. The van der Waals surface area contributed by atoms with Crippen molar-refractivity contribution < 1.29 is 18.7 Å². The van der Waals surface area contributed by atoms with Gasteiger partial charge in [-0.3, -0.25) is 13.9 Å². The fourth-order valence-corrected chi connectivity index (χ4v) is 5.82. The van der Waals surface area contributed by atoms with Crippen molar-refractivity contribution in [2.75, 3.05) is 6.54 Å². The van der Waals surface area contributed by atoms with Crippen LogP contribution in [0.15, 0.2) is 54.4 Å². The molecule has 1 aliphatic rings. The first-order valence-electron chi connectivity index (χ1n) is 11.8. The standard InChI is InChI=1S/C26H23F2N5O2S/c27-20-7-18(8-21(28)25(20)34)26(35)30-10-15-1-5-19(6-2-15)33-12-17-4-3-16(9-22(17)31-33)23-13-36-24-11-29-14-32(23)24/h3-4,7-9,11-15,19,34H,1-2,5-6,10H2,(H,30,35). The zero-order valence-corrected chi connectivity index (χ0v) is 20.0. The van der Waals surface area contributed by atoms with E-state index in [9.17, 15) is 18.7 Å². The van der Waals surface area contributed by atoms with E-state index in [2.05, 4.69) is 49.2 Å². The number of benzene rings is 2. The van der Waals surface area contributed by atoms with Crippen LogP contribution in [0.5, 0.6) is 5.75 Å². The molecular formula is C26H23F2N5O2S. The first-order valence-corrected chi connectivity index (χ1v) is 12.7. The number of hydrogen-bond acceptors (Lipinski definition) is 5. The highest BCUT2D eigenvalue weighted by Gasteiger charge is 2.24. The van der Waals surface area contributed by atoms with Crippen molar-refractivity contribution in [3.05, 3.63) is 71.6 Å². The Hall–Kier alpha value is -3.79. The van der Waals surface area contributed by atoms with Crippen molar-refractivity contribution in [1.29, 1.82) is 0 Å². The summed E-state index contributed by atoms with van der Waals surface area (Å²) >= 11 is 1.66. The Morgan fingerprint density at radius 3 is 2.69 bits per heavy atom. The van der Waals surface area contributed by atoms with E-state index in [4.69, 9.17) is 5.10 Å². The number of imidazole rings is 1. The summed E-state index contributed by atoms with van der Waals surface area (Å²) in [5, 5.41) is 20.1. The summed E-state index contributed by atoms with van der Waals surface area (Å²) in [5.41, 5.74) is 3.01. The molecule has 0 bridgehead atoms. The van der Waals surface area contributed by atoms with Crippen LogP contribution in [0.25, 0.3) is 27.0 Å². The normalized spacial score (nSPS) is 18.2. The Labute approximate surface area is 209 Å². The highest BCUT2D eigenvalue weighted by molar-refractivity contribution is 7.15. The summed E-state index contributed by atoms with van der Waals surface area (Å²) in [4.78, 5) is 17.6. The van der Waals surface area contributed by atoms with Gasteiger partial charge in [0.1, 0.15) is 11.2 Å². The molecule has 0 saturated heterocycles. The van der Waals surface area contributed by atoms with Gasteiger partial charge in [-0.05, 0) is 49.8 Å². The number of thiazole rings is 1. The monoisotopic (exact) mass is 507 g/mol. The van der Waals surface area contributed by atoms with E-state index in [1.807, 2.05) is 12.5 Å². The van der Waals surface area contributed by atoms with Gasteiger partial charge in [-0.2, -0.15) is 5.10 Å². The number of carbonyl (C=O) groups excluding carboxylic acids is 1. The third-order valence-corrected chi connectivity index (χ3v) is 7.88. The van der Waals surface area contributed by atoms with Crippen LogP contribution in [-0.2, 0) is 0 Å². The van der Waals surface area contributed by atoms with Crippen molar-refractivity contribution in [3.63, 3.8) is 0 Å². The minimum atomic E-state index is -1.15. The van der Waals surface area contributed by atoms with Crippen LogP contribution < -0.4 is 5.32 Å². The van der Waals surface area contributed by atoms with Gasteiger partial charge in [0.05, 0.1) is 23.4 Å². The molecule has 3 aromatic heterocycles. The number of carbonyl (C=O) groups is 1. The molecule has 1 saturated carbocycles. The van der Waals surface area contributed by atoms with E-state index in [0.717, 1.165) is 64.8 Å². The number of hydrogen-bond donors (Lipinski definition) is 2. The lowest BCUT2D eigenvalue weighted by Gasteiger charge is -2.28. The van der Waals surface area contributed by atoms with Gasteiger partial charge in [0.25, 0.3) is 5.91 Å². The van der Waals surface area contributed by atoms with Gasteiger partial charge in [-0.25, -0.2) is 13.8 Å². The molecule has 0 radical (unpaired) electrons. The molecular weight excluding hydrogens is 484 g/mol. The number of nitrogens with zero attached hydrogens (tertiary/aromatic N) is 4. The largest absolute Gasteiger partial charge is 0.503 e. The molecule has 0 aliphatic heterocycles. The number of amides is 1.